The molecule has 2 heterocycles. The number of likely N-dealkylation sites (tertiary alicyclic amines) is 1. The lowest BCUT2D eigenvalue weighted by molar-refractivity contribution is 0.221. The van der Waals surface area contributed by atoms with Crippen molar-refractivity contribution in [3.05, 3.63) is 77.6 Å². The Labute approximate surface area is 235 Å². The van der Waals surface area contributed by atoms with E-state index < -0.39 is 0 Å². The molecule has 1 aliphatic rings. The molecule has 0 unspecified atom stereocenters. The van der Waals surface area contributed by atoms with Crippen LogP contribution in [0.5, 0.6) is 17.2 Å². The Morgan fingerprint density at radius 3 is 2.21 bits per heavy atom. The van der Waals surface area contributed by atoms with E-state index in [1.165, 1.54) is 12.1 Å². The van der Waals surface area contributed by atoms with Gasteiger partial charge in [-0.1, -0.05) is 24.3 Å². The summed E-state index contributed by atoms with van der Waals surface area (Å²) in [6, 6.07) is 19.2. The number of benzene rings is 3. The van der Waals surface area contributed by atoms with Crippen LogP contribution in [0.1, 0.15) is 24.0 Å². The summed E-state index contributed by atoms with van der Waals surface area (Å²) < 4.78 is 32.1. The average molecular weight is 555 g/mol. The number of fused-ring (bicyclic) bond motifs is 1. The van der Waals surface area contributed by atoms with E-state index in [-0.39, 0.29) is 18.2 Å². The predicted octanol–water partition coefficient (Wildman–Crippen LogP) is 5.79. The molecule has 1 aliphatic heterocycles. The first-order valence-electron chi connectivity index (χ1n) is 13.1. The van der Waals surface area contributed by atoms with Gasteiger partial charge in [0.15, 0.2) is 11.5 Å². The summed E-state index contributed by atoms with van der Waals surface area (Å²) >= 11 is 0. The van der Waals surface area contributed by atoms with Crippen LogP contribution in [0.4, 0.5) is 10.3 Å². The van der Waals surface area contributed by atoms with Gasteiger partial charge in [0.2, 0.25) is 11.7 Å². The van der Waals surface area contributed by atoms with E-state index in [0.717, 1.165) is 67.0 Å². The first-order valence-corrected chi connectivity index (χ1v) is 13.1. The molecule has 1 fully saturated rings. The maximum atomic E-state index is 13.4. The average Bonchev–Trinajstić information content (AvgIpc) is 3.29. The molecular weight excluding hydrogens is 519 g/mol. The number of hydrogen-bond donors (Lipinski definition) is 1. The minimum Gasteiger partial charge on any atom is -0.493 e. The third-order valence-corrected chi connectivity index (χ3v) is 7.27. The maximum Gasteiger partial charge on any atom is 0.204 e. The molecule has 1 saturated heterocycles. The second-order valence-electron chi connectivity index (χ2n) is 9.68. The highest BCUT2D eigenvalue weighted by molar-refractivity contribution is 5.85. The van der Waals surface area contributed by atoms with Crippen LogP contribution in [0, 0.1) is 5.82 Å². The molecule has 0 saturated carbocycles. The number of nitrogens with one attached hydrogen (secondary N) is 1. The fraction of sp³-hybridized carbons (Fsp3) is 0.367. The molecule has 3 aromatic carbocycles. The summed E-state index contributed by atoms with van der Waals surface area (Å²) in [4.78, 5) is 7.40. The van der Waals surface area contributed by atoms with Gasteiger partial charge in [-0.2, -0.15) is 0 Å². The smallest absolute Gasteiger partial charge is 0.204 e. The molecule has 1 aromatic heterocycles. The first-order chi connectivity index (χ1) is 18.6. The molecule has 0 aliphatic carbocycles. The summed E-state index contributed by atoms with van der Waals surface area (Å²) in [6.07, 6.45) is 2.98. The topological polar surface area (TPSA) is 60.8 Å². The SMILES string of the molecule is COc1cc(CCN2CCC(Nc3nc4ccccc4n3Cc3ccc(F)cc3)CC2)cc(OC)c1OC.Cl. The second-order valence-corrected chi connectivity index (χ2v) is 9.68. The number of aromatic nitrogens is 2. The molecular formula is C30H36ClFN4O3. The number of imidazole rings is 1. The highest BCUT2D eigenvalue weighted by atomic mass is 35.5. The molecule has 39 heavy (non-hydrogen) atoms. The van der Waals surface area contributed by atoms with Crippen LogP contribution in [0.15, 0.2) is 60.7 Å². The van der Waals surface area contributed by atoms with Crippen LogP contribution < -0.4 is 19.5 Å². The highest BCUT2D eigenvalue weighted by Crippen LogP contribution is 2.38. The summed E-state index contributed by atoms with van der Waals surface area (Å²) in [5.41, 5.74) is 4.23. The van der Waals surface area contributed by atoms with Crippen LogP contribution in [-0.4, -0.2) is 61.5 Å². The van der Waals surface area contributed by atoms with Gasteiger partial charge in [0, 0.05) is 25.7 Å². The summed E-state index contributed by atoms with van der Waals surface area (Å²) in [5, 5.41) is 3.71. The Hall–Kier alpha value is -3.49. The van der Waals surface area contributed by atoms with Gasteiger partial charge in [-0.3, -0.25) is 0 Å². The number of rotatable bonds is 10. The zero-order valence-electron chi connectivity index (χ0n) is 22.7. The number of anilines is 1. The minimum absolute atomic E-state index is 0. The van der Waals surface area contributed by atoms with Gasteiger partial charge in [0.05, 0.1) is 38.9 Å². The normalized spacial score (nSPS) is 14.2. The Bertz CT molecular complexity index is 1350. The Kier molecular flexibility index (Phi) is 9.54. The van der Waals surface area contributed by atoms with Crippen LogP contribution in [0.25, 0.3) is 11.0 Å². The predicted molar refractivity (Wildman–Crippen MR) is 155 cm³/mol. The standard InChI is InChI=1S/C30H35FN4O3.ClH/c1-36-27-18-22(19-28(37-2)29(27)38-3)12-15-34-16-13-24(14-17-34)32-30-33-25-6-4-5-7-26(25)35(30)20-21-8-10-23(31)11-9-21;/h4-11,18-19,24H,12-17,20H2,1-3H3,(H,32,33);1H. The lowest BCUT2D eigenvalue weighted by Gasteiger charge is -2.32. The minimum atomic E-state index is -0.223. The fourth-order valence-corrected chi connectivity index (χ4v) is 5.17. The molecule has 0 radical (unpaired) electrons. The van der Waals surface area contributed by atoms with E-state index in [0.29, 0.717) is 29.8 Å². The number of nitrogens with zero attached hydrogens (tertiary/aromatic N) is 3. The summed E-state index contributed by atoms with van der Waals surface area (Å²) in [5.74, 6) is 2.64. The Morgan fingerprint density at radius 2 is 1.56 bits per heavy atom. The zero-order valence-corrected chi connectivity index (χ0v) is 23.5. The lowest BCUT2D eigenvalue weighted by atomic mass is 10.0. The lowest BCUT2D eigenvalue weighted by Crippen LogP contribution is -2.40. The third kappa shape index (κ3) is 6.57. The van der Waals surface area contributed by atoms with E-state index in [2.05, 4.69) is 20.9 Å². The van der Waals surface area contributed by atoms with Gasteiger partial charge in [-0.25, -0.2) is 9.37 Å². The highest BCUT2D eigenvalue weighted by Gasteiger charge is 2.22. The van der Waals surface area contributed by atoms with Gasteiger partial charge in [-0.05, 0) is 66.8 Å². The maximum absolute atomic E-state index is 13.4. The van der Waals surface area contributed by atoms with E-state index in [1.54, 1.807) is 21.3 Å². The third-order valence-electron chi connectivity index (χ3n) is 7.27. The number of methoxy groups -OCH3 is 3. The number of piperidine rings is 1. The van der Waals surface area contributed by atoms with Crippen LogP contribution >= 0.6 is 12.4 Å². The number of ether oxygens (including phenoxy) is 3. The summed E-state index contributed by atoms with van der Waals surface area (Å²) in [6.45, 7) is 3.63. The van der Waals surface area contributed by atoms with Crippen molar-refractivity contribution >= 4 is 29.4 Å². The molecule has 7 nitrogen and oxygen atoms in total. The molecule has 9 heteroatoms. The van der Waals surface area contributed by atoms with Gasteiger partial charge in [0.1, 0.15) is 5.82 Å². The van der Waals surface area contributed by atoms with Crippen molar-refractivity contribution < 1.29 is 18.6 Å². The van der Waals surface area contributed by atoms with E-state index in [4.69, 9.17) is 19.2 Å². The second kappa shape index (κ2) is 13.0. The van der Waals surface area contributed by atoms with Crippen LogP contribution in [-0.2, 0) is 13.0 Å². The molecule has 0 atom stereocenters. The van der Waals surface area contributed by atoms with Crippen molar-refractivity contribution in [1.82, 2.24) is 14.5 Å². The quantitative estimate of drug-likeness (QED) is 0.268. The van der Waals surface area contributed by atoms with Crippen molar-refractivity contribution in [2.75, 3.05) is 46.3 Å². The van der Waals surface area contributed by atoms with Crippen LogP contribution in [0.2, 0.25) is 0 Å². The summed E-state index contributed by atoms with van der Waals surface area (Å²) in [7, 11) is 4.91. The molecule has 0 spiro atoms. The van der Waals surface area contributed by atoms with Crippen LogP contribution in [0.3, 0.4) is 0 Å². The zero-order chi connectivity index (χ0) is 26.5. The van der Waals surface area contributed by atoms with Gasteiger partial charge < -0.3 is 29.0 Å². The van der Waals surface area contributed by atoms with Gasteiger partial charge in [-0.15, -0.1) is 12.4 Å². The number of hydrogen-bond acceptors (Lipinski definition) is 6. The monoisotopic (exact) mass is 554 g/mol. The number of para-hydroxylation sites is 2. The molecule has 208 valence electrons. The molecule has 0 bridgehead atoms. The molecule has 1 N–H and O–H groups in total. The van der Waals surface area contributed by atoms with Crippen molar-refractivity contribution in [3.63, 3.8) is 0 Å². The Morgan fingerprint density at radius 1 is 0.897 bits per heavy atom. The Balaban J connectivity index is 0.00000353. The van der Waals surface area contributed by atoms with Crippen molar-refractivity contribution in [1.29, 1.82) is 0 Å². The molecule has 0 amide bonds. The van der Waals surface area contributed by atoms with Gasteiger partial charge >= 0.3 is 0 Å². The van der Waals surface area contributed by atoms with Gasteiger partial charge in [0.25, 0.3) is 0 Å². The first kappa shape index (κ1) is 28.5. The van der Waals surface area contributed by atoms with Crippen molar-refractivity contribution in [3.8, 4) is 17.2 Å². The molecule has 5 rings (SSSR count). The number of halogens is 2. The van der Waals surface area contributed by atoms with E-state index >= 15 is 0 Å². The van der Waals surface area contributed by atoms with E-state index in [1.807, 2.05) is 42.5 Å². The van der Waals surface area contributed by atoms with Crippen molar-refractivity contribution in [2.24, 2.45) is 0 Å². The molecule has 4 aromatic rings. The van der Waals surface area contributed by atoms with E-state index in [9.17, 15) is 4.39 Å². The fourth-order valence-electron chi connectivity index (χ4n) is 5.17. The van der Waals surface area contributed by atoms with Crippen molar-refractivity contribution in [2.45, 2.75) is 31.8 Å². The largest absolute Gasteiger partial charge is 0.493 e.